The van der Waals surface area contributed by atoms with Gasteiger partial charge in [0.1, 0.15) is 6.33 Å². The summed E-state index contributed by atoms with van der Waals surface area (Å²) in [4.78, 5) is 0. The number of aromatic nitrogens is 3. The Balaban J connectivity index is 2.18. The Morgan fingerprint density at radius 1 is 1.38 bits per heavy atom. The first-order valence-electron chi connectivity index (χ1n) is 4.53. The van der Waals surface area contributed by atoms with E-state index in [0.717, 1.165) is 15.2 Å². The number of benzene rings is 1. The Labute approximate surface area is 106 Å². The van der Waals surface area contributed by atoms with E-state index in [0.29, 0.717) is 0 Å². The van der Waals surface area contributed by atoms with Gasteiger partial charge in [-0.15, -0.1) is 10.2 Å². The molecule has 2 rings (SSSR count). The van der Waals surface area contributed by atoms with Crippen molar-refractivity contribution in [3.8, 4) is 0 Å². The van der Waals surface area contributed by atoms with E-state index in [1.807, 2.05) is 30.5 Å². The van der Waals surface area contributed by atoms with Gasteiger partial charge in [0.2, 0.25) is 5.16 Å². The molecule has 1 aromatic carbocycles. The fourth-order valence-corrected chi connectivity index (χ4v) is 1.79. The zero-order chi connectivity index (χ0) is 11.4. The van der Waals surface area contributed by atoms with Gasteiger partial charge in [-0.25, -0.2) is 0 Å². The maximum Gasteiger partial charge on any atom is 0.211 e. The topological polar surface area (TPSA) is 43.1 Å². The van der Waals surface area contributed by atoms with E-state index in [1.54, 1.807) is 17.2 Å². The number of rotatable bonds is 3. The van der Waals surface area contributed by atoms with E-state index in [-0.39, 0.29) is 0 Å². The minimum absolute atomic E-state index is 0.772. The van der Waals surface area contributed by atoms with Crippen molar-refractivity contribution >= 4 is 33.9 Å². The highest BCUT2D eigenvalue weighted by Crippen LogP contribution is 2.11. The van der Waals surface area contributed by atoms with Crippen LogP contribution in [0.5, 0.6) is 0 Å². The van der Waals surface area contributed by atoms with Gasteiger partial charge in [0, 0.05) is 4.47 Å². The number of thioether (sulfide) groups is 1. The predicted molar refractivity (Wildman–Crippen MR) is 68.9 cm³/mol. The van der Waals surface area contributed by atoms with E-state index < -0.39 is 0 Å². The Kier molecular flexibility index (Phi) is 3.74. The summed E-state index contributed by atoms with van der Waals surface area (Å²) in [5.41, 5.74) is 1.03. The van der Waals surface area contributed by atoms with Gasteiger partial charge in [-0.05, 0) is 24.0 Å². The summed E-state index contributed by atoms with van der Waals surface area (Å²) in [7, 11) is 0. The van der Waals surface area contributed by atoms with Crippen molar-refractivity contribution < 1.29 is 0 Å². The van der Waals surface area contributed by atoms with Crippen LogP contribution in [-0.2, 0) is 0 Å². The van der Waals surface area contributed by atoms with Crippen molar-refractivity contribution in [2.75, 3.05) is 6.26 Å². The maximum atomic E-state index is 4.27. The second kappa shape index (κ2) is 5.27. The zero-order valence-electron chi connectivity index (χ0n) is 8.54. The average Bonchev–Trinajstić information content (AvgIpc) is 2.76. The molecule has 6 heteroatoms. The molecule has 4 nitrogen and oxygen atoms in total. The van der Waals surface area contributed by atoms with Crippen molar-refractivity contribution in [2.45, 2.75) is 5.16 Å². The molecule has 16 heavy (non-hydrogen) atoms. The molecule has 82 valence electrons. The second-order valence-electron chi connectivity index (χ2n) is 2.96. The van der Waals surface area contributed by atoms with E-state index in [4.69, 9.17) is 0 Å². The van der Waals surface area contributed by atoms with E-state index in [9.17, 15) is 0 Å². The van der Waals surface area contributed by atoms with Gasteiger partial charge >= 0.3 is 0 Å². The first-order chi connectivity index (χ1) is 7.79. The summed E-state index contributed by atoms with van der Waals surface area (Å²) < 4.78 is 2.70. The molecule has 0 aliphatic rings. The van der Waals surface area contributed by atoms with Crippen molar-refractivity contribution in [3.05, 3.63) is 40.6 Å². The van der Waals surface area contributed by atoms with Crippen LogP contribution in [0.25, 0.3) is 0 Å². The molecule has 2 aromatic rings. The summed E-state index contributed by atoms with van der Waals surface area (Å²) in [6.45, 7) is 0. The molecule has 0 saturated carbocycles. The van der Waals surface area contributed by atoms with Gasteiger partial charge in [-0.3, -0.25) is 0 Å². The number of hydrogen-bond donors (Lipinski definition) is 0. The maximum absolute atomic E-state index is 4.27. The quantitative estimate of drug-likeness (QED) is 0.646. The molecule has 0 saturated heterocycles. The Hall–Kier alpha value is -1.14. The van der Waals surface area contributed by atoms with Crippen LogP contribution in [0.3, 0.4) is 0 Å². The van der Waals surface area contributed by atoms with Gasteiger partial charge in [0.15, 0.2) is 0 Å². The Bertz CT molecular complexity index is 492. The lowest BCUT2D eigenvalue weighted by atomic mass is 10.2. The Morgan fingerprint density at radius 3 is 2.81 bits per heavy atom. The third-order valence-electron chi connectivity index (χ3n) is 1.88. The molecule has 0 bridgehead atoms. The van der Waals surface area contributed by atoms with Gasteiger partial charge in [0.25, 0.3) is 0 Å². The molecule has 1 aromatic heterocycles. The highest BCUT2D eigenvalue weighted by Gasteiger charge is 1.98. The summed E-state index contributed by atoms with van der Waals surface area (Å²) in [6.07, 6.45) is 5.30. The minimum atomic E-state index is 0.772. The second-order valence-corrected chi connectivity index (χ2v) is 4.65. The van der Waals surface area contributed by atoms with Crippen LogP contribution in [0.2, 0.25) is 0 Å². The number of hydrogen-bond acceptors (Lipinski definition) is 4. The summed E-state index contributed by atoms with van der Waals surface area (Å²) in [5.74, 6) is 0. The number of halogens is 1. The lowest BCUT2D eigenvalue weighted by Crippen LogP contribution is -1.91. The molecule has 1 heterocycles. The van der Waals surface area contributed by atoms with Crippen LogP contribution >= 0.6 is 27.7 Å². The molecule has 0 N–H and O–H groups in total. The predicted octanol–water partition coefficient (Wildman–Crippen LogP) is 2.64. The minimum Gasteiger partial charge on any atom is -0.195 e. The van der Waals surface area contributed by atoms with Gasteiger partial charge in [-0.1, -0.05) is 39.8 Å². The van der Waals surface area contributed by atoms with Crippen LogP contribution in [0.15, 0.2) is 45.3 Å². The van der Waals surface area contributed by atoms with Crippen LogP contribution in [0.4, 0.5) is 0 Å². The molecule has 0 aliphatic carbocycles. The number of nitrogens with zero attached hydrogens (tertiary/aromatic N) is 4. The summed E-state index contributed by atoms with van der Waals surface area (Å²) in [5, 5.41) is 12.7. The smallest absolute Gasteiger partial charge is 0.195 e. The van der Waals surface area contributed by atoms with Crippen LogP contribution < -0.4 is 0 Å². The first-order valence-corrected chi connectivity index (χ1v) is 6.55. The highest BCUT2D eigenvalue weighted by molar-refractivity contribution is 9.10. The molecule has 0 radical (unpaired) electrons. The molecular formula is C10H9BrN4S. The zero-order valence-corrected chi connectivity index (χ0v) is 10.9. The largest absolute Gasteiger partial charge is 0.211 e. The summed E-state index contributed by atoms with van der Waals surface area (Å²) in [6, 6.07) is 7.92. The Morgan fingerprint density at radius 2 is 2.12 bits per heavy atom. The van der Waals surface area contributed by atoms with Crippen molar-refractivity contribution in [1.82, 2.24) is 14.9 Å². The van der Waals surface area contributed by atoms with Gasteiger partial charge in [0.05, 0.1) is 6.21 Å². The SMILES string of the molecule is CSc1nncn1N=Cc1ccc(Br)cc1. The first kappa shape index (κ1) is 11.3. The lowest BCUT2D eigenvalue weighted by Gasteiger charge is -1.96. The summed E-state index contributed by atoms with van der Waals surface area (Å²) >= 11 is 4.89. The lowest BCUT2D eigenvalue weighted by molar-refractivity contribution is 0.768. The fourth-order valence-electron chi connectivity index (χ4n) is 1.11. The molecule has 0 spiro atoms. The molecule has 0 amide bonds. The van der Waals surface area contributed by atoms with Gasteiger partial charge < -0.3 is 0 Å². The normalized spacial score (nSPS) is 11.1. The molecule has 0 unspecified atom stereocenters. The van der Waals surface area contributed by atoms with Gasteiger partial charge in [-0.2, -0.15) is 9.78 Å². The monoisotopic (exact) mass is 296 g/mol. The van der Waals surface area contributed by atoms with Crippen molar-refractivity contribution in [3.63, 3.8) is 0 Å². The van der Waals surface area contributed by atoms with Crippen molar-refractivity contribution in [2.24, 2.45) is 5.10 Å². The van der Waals surface area contributed by atoms with Crippen molar-refractivity contribution in [1.29, 1.82) is 0 Å². The van der Waals surface area contributed by atoms with Crippen LogP contribution in [0, 0.1) is 0 Å². The van der Waals surface area contributed by atoms with E-state index in [2.05, 4.69) is 31.2 Å². The van der Waals surface area contributed by atoms with Crippen LogP contribution in [0.1, 0.15) is 5.56 Å². The standard InChI is InChI=1S/C10H9BrN4S/c1-16-10-14-12-7-15(10)13-6-8-2-4-9(11)5-3-8/h2-7H,1H3. The third-order valence-corrected chi connectivity index (χ3v) is 3.05. The molecule has 0 aliphatic heterocycles. The van der Waals surface area contributed by atoms with Crippen LogP contribution in [-0.4, -0.2) is 27.3 Å². The third kappa shape index (κ3) is 2.70. The van der Waals surface area contributed by atoms with E-state index in [1.165, 1.54) is 11.8 Å². The van der Waals surface area contributed by atoms with E-state index >= 15 is 0 Å². The molecule has 0 atom stereocenters. The molecular weight excluding hydrogens is 288 g/mol. The highest BCUT2D eigenvalue weighted by atomic mass is 79.9. The fraction of sp³-hybridized carbons (Fsp3) is 0.100. The average molecular weight is 297 g/mol. The molecule has 0 fully saturated rings.